The van der Waals surface area contributed by atoms with Crippen LogP contribution in [0, 0.1) is 0 Å². The van der Waals surface area contributed by atoms with Gasteiger partial charge in [-0.05, 0) is 37.0 Å². The van der Waals surface area contributed by atoms with E-state index in [0.717, 1.165) is 37.0 Å². The fourth-order valence-corrected chi connectivity index (χ4v) is 4.37. The number of para-hydroxylation sites is 1. The third-order valence-corrected chi connectivity index (χ3v) is 6.15. The summed E-state index contributed by atoms with van der Waals surface area (Å²) in [5, 5.41) is 3.02. The highest BCUT2D eigenvalue weighted by Crippen LogP contribution is 2.36. The average molecular weight is 425 g/mol. The van der Waals surface area contributed by atoms with E-state index in [1.54, 1.807) is 0 Å². The van der Waals surface area contributed by atoms with Crippen molar-refractivity contribution in [1.29, 1.82) is 0 Å². The predicted molar refractivity (Wildman–Crippen MR) is 119 cm³/mol. The quantitative estimate of drug-likeness (QED) is 0.683. The average Bonchev–Trinajstić information content (AvgIpc) is 2.82. The molecular formula is C25H32N2O4. The Kier molecular flexibility index (Phi) is 7.43. The normalized spacial score (nSPS) is 20.4. The lowest BCUT2D eigenvalue weighted by Crippen LogP contribution is -2.53. The number of hydrogen-bond acceptors (Lipinski definition) is 4. The van der Waals surface area contributed by atoms with Gasteiger partial charge in [0, 0.05) is 32.7 Å². The SMILES string of the molecule is O=C(NCc1ccccc1)N1CCC2(CC1)CC(OCCOc1ccccc1)CCO2. The van der Waals surface area contributed by atoms with Gasteiger partial charge in [-0.25, -0.2) is 4.79 Å². The van der Waals surface area contributed by atoms with Gasteiger partial charge in [0.15, 0.2) is 0 Å². The summed E-state index contributed by atoms with van der Waals surface area (Å²) >= 11 is 0. The lowest BCUT2D eigenvalue weighted by molar-refractivity contribution is -0.153. The number of carbonyl (C=O) groups excluding carboxylic acids is 1. The molecule has 0 bridgehead atoms. The van der Waals surface area contributed by atoms with Crippen LogP contribution < -0.4 is 10.1 Å². The molecule has 2 aliphatic heterocycles. The first-order valence-electron chi connectivity index (χ1n) is 11.2. The second-order valence-corrected chi connectivity index (χ2v) is 8.31. The van der Waals surface area contributed by atoms with Crippen molar-refractivity contribution in [3.63, 3.8) is 0 Å². The largest absolute Gasteiger partial charge is 0.491 e. The minimum atomic E-state index is -0.167. The number of amides is 2. The lowest BCUT2D eigenvalue weighted by atomic mass is 9.83. The minimum Gasteiger partial charge on any atom is -0.491 e. The molecule has 6 nitrogen and oxygen atoms in total. The van der Waals surface area contributed by atoms with E-state index in [1.165, 1.54) is 0 Å². The number of likely N-dealkylation sites (tertiary alicyclic amines) is 1. The molecule has 166 valence electrons. The molecule has 0 aromatic heterocycles. The lowest BCUT2D eigenvalue weighted by Gasteiger charge is -2.46. The van der Waals surface area contributed by atoms with Gasteiger partial charge in [0.2, 0.25) is 0 Å². The number of piperidine rings is 1. The Morgan fingerprint density at radius 2 is 1.74 bits per heavy atom. The van der Waals surface area contributed by atoms with E-state index in [0.29, 0.717) is 39.5 Å². The molecule has 6 heteroatoms. The van der Waals surface area contributed by atoms with Crippen LogP contribution >= 0.6 is 0 Å². The van der Waals surface area contributed by atoms with Gasteiger partial charge in [0.25, 0.3) is 0 Å². The first-order valence-corrected chi connectivity index (χ1v) is 11.2. The van der Waals surface area contributed by atoms with Crippen molar-refractivity contribution in [2.24, 2.45) is 0 Å². The Hall–Kier alpha value is -2.57. The number of rotatable bonds is 7. The zero-order valence-corrected chi connectivity index (χ0v) is 18.0. The van der Waals surface area contributed by atoms with E-state index in [1.807, 2.05) is 65.6 Å². The highest BCUT2D eigenvalue weighted by molar-refractivity contribution is 5.74. The Morgan fingerprint density at radius 3 is 2.48 bits per heavy atom. The topological polar surface area (TPSA) is 60.0 Å². The van der Waals surface area contributed by atoms with Crippen LogP contribution in [0.25, 0.3) is 0 Å². The van der Waals surface area contributed by atoms with Crippen LogP contribution in [0.2, 0.25) is 0 Å². The highest BCUT2D eigenvalue weighted by atomic mass is 16.5. The molecule has 0 saturated carbocycles. The molecule has 1 N–H and O–H groups in total. The van der Waals surface area contributed by atoms with Gasteiger partial charge in [-0.3, -0.25) is 0 Å². The summed E-state index contributed by atoms with van der Waals surface area (Å²) in [5.41, 5.74) is 0.940. The number of benzene rings is 2. The van der Waals surface area contributed by atoms with Crippen molar-refractivity contribution in [3.8, 4) is 5.75 Å². The maximum absolute atomic E-state index is 12.5. The number of ether oxygens (including phenoxy) is 3. The summed E-state index contributed by atoms with van der Waals surface area (Å²) in [6.45, 7) is 3.81. The zero-order chi connectivity index (χ0) is 21.4. The van der Waals surface area contributed by atoms with E-state index < -0.39 is 0 Å². The van der Waals surface area contributed by atoms with Crippen molar-refractivity contribution in [2.45, 2.75) is 43.9 Å². The molecule has 1 spiro atoms. The predicted octanol–water partition coefficient (Wildman–Crippen LogP) is 4.01. The van der Waals surface area contributed by atoms with E-state index in [4.69, 9.17) is 14.2 Å². The molecule has 1 atom stereocenters. The van der Waals surface area contributed by atoms with Crippen molar-refractivity contribution in [3.05, 3.63) is 66.2 Å². The molecule has 2 fully saturated rings. The van der Waals surface area contributed by atoms with Crippen LogP contribution in [0.4, 0.5) is 4.79 Å². The molecule has 1 unspecified atom stereocenters. The molecule has 31 heavy (non-hydrogen) atoms. The Labute approximate surface area is 184 Å². The number of carbonyl (C=O) groups is 1. The second kappa shape index (κ2) is 10.6. The fraction of sp³-hybridized carbons (Fsp3) is 0.480. The Balaban J connectivity index is 1.17. The van der Waals surface area contributed by atoms with Crippen molar-refractivity contribution < 1.29 is 19.0 Å². The highest BCUT2D eigenvalue weighted by Gasteiger charge is 2.41. The van der Waals surface area contributed by atoms with E-state index in [2.05, 4.69) is 5.32 Å². The first kappa shape index (κ1) is 21.7. The maximum Gasteiger partial charge on any atom is 0.317 e. The van der Waals surface area contributed by atoms with Gasteiger partial charge in [-0.15, -0.1) is 0 Å². The molecule has 0 radical (unpaired) electrons. The maximum atomic E-state index is 12.5. The van der Waals surface area contributed by atoms with E-state index >= 15 is 0 Å². The number of urea groups is 1. The molecule has 2 aliphatic rings. The van der Waals surface area contributed by atoms with Crippen molar-refractivity contribution in [2.75, 3.05) is 32.9 Å². The summed E-state index contributed by atoms with van der Waals surface area (Å²) in [5.74, 6) is 0.868. The van der Waals surface area contributed by atoms with Crippen molar-refractivity contribution in [1.82, 2.24) is 10.2 Å². The number of hydrogen-bond donors (Lipinski definition) is 1. The Morgan fingerprint density at radius 1 is 1.03 bits per heavy atom. The smallest absolute Gasteiger partial charge is 0.317 e. The van der Waals surface area contributed by atoms with E-state index in [9.17, 15) is 4.79 Å². The molecule has 0 aliphatic carbocycles. The zero-order valence-electron chi connectivity index (χ0n) is 18.0. The molecule has 2 saturated heterocycles. The first-order chi connectivity index (χ1) is 15.2. The minimum absolute atomic E-state index is 0.000346. The van der Waals surface area contributed by atoms with Crippen LogP contribution in [-0.4, -0.2) is 55.5 Å². The molecular weight excluding hydrogens is 392 g/mol. The standard InChI is InChI=1S/C25H32N2O4/c28-24(26-20-21-7-3-1-4-8-21)27-14-12-25(13-15-27)19-23(11-16-31-25)30-18-17-29-22-9-5-2-6-10-22/h1-10,23H,11-20H2,(H,26,28). The fourth-order valence-electron chi connectivity index (χ4n) is 4.37. The molecule has 2 amide bonds. The monoisotopic (exact) mass is 424 g/mol. The van der Waals surface area contributed by atoms with Crippen LogP contribution in [-0.2, 0) is 16.0 Å². The molecule has 2 aromatic carbocycles. The second-order valence-electron chi connectivity index (χ2n) is 8.31. The number of nitrogens with zero attached hydrogens (tertiary/aromatic N) is 1. The summed E-state index contributed by atoms with van der Waals surface area (Å²) in [7, 11) is 0. The summed E-state index contributed by atoms with van der Waals surface area (Å²) in [6, 6.07) is 19.8. The summed E-state index contributed by atoms with van der Waals surface area (Å²) in [6.07, 6.45) is 3.69. The van der Waals surface area contributed by atoms with Gasteiger partial charge >= 0.3 is 6.03 Å². The van der Waals surface area contributed by atoms with Crippen LogP contribution in [0.1, 0.15) is 31.2 Å². The van der Waals surface area contributed by atoms with Crippen LogP contribution in [0.5, 0.6) is 5.75 Å². The molecule has 4 rings (SSSR count). The molecule has 2 aromatic rings. The number of nitrogens with one attached hydrogen (secondary N) is 1. The summed E-state index contributed by atoms with van der Waals surface area (Å²) in [4.78, 5) is 14.4. The Bertz CT molecular complexity index is 807. The van der Waals surface area contributed by atoms with Crippen LogP contribution in [0.15, 0.2) is 60.7 Å². The van der Waals surface area contributed by atoms with Crippen molar-refractivity contribution >= 4 is 6.03 Å². The van der Waals surface area contributed by atoms with Gasteiger partial charge in [0.1, 0.15) is 12.4 Å². The summed E-state index contributed by atoms with van der Waals surface area (Å²) < 4.78 is 18.0. The van der Waals surface area contributed by atoms with Crippen LogP contribution in [0.3, 0.4) is 0 Å². The third kappa shape index (κ3) is 6.21. The van der Waals surface area contributed by atoms with E-state index in [-0.39, 0.29) is 17.7 Å². The third-order valence-electron chi connectivity index (χ3n) is 6.15. The van der Waals surface area contributed by atoms with Gasteiger partial charge in [-0.1, -0.05) is 48.5 Å². The molecule has 2 heterocycles. The van der Waals surface area contributed by atoms with Gasteiger partial charge < -0.3 is 24.4 Å². The van der Waals surface area contributed by atoms with Gasteiger partial charge in [0.05, 0.1) is 18.3 Å². The van der Waals surface area contributed by atoms with Gasteiger partial charge in [-0.2, -0.15) is 0 Å².